The first-order valence-electron chi connectivity index (χ1n) is 6.97. The van der Waals surface area contributed by atoms with Gasteiger partial charge in [0.05, 0.1) is 7.11 Å². The second kappa shape index (κ2) is 5.11. The van der Waals surface area contributed by atoms with E-state index in [0.29, 0.717) is 12.5 Å². The van der Waals surface area contributed by atoms with Crippen molar-refractivity contribution < 1.29 is 19.1 Å². The molecular weight excluding hydrogens is 258 g/mol. The van der Waals surface area contributed by atoms with E-state index in [1.807, 2.05) is 20.8 Å². The molecule has 20 heavy (non-hydrogen) atoms. The van der Waals surface area contributed by atoms with Crippen LogP contribution in [0.1, 0.15) is 33.6 Å². The molecule has 5 heteroatoms. The molecule has 1 heterocycles. The van der Waals surface area contributed by atoms with E-state index in [1.165, 1.54) is 12.0 Å². The van der Waals surface area contributed by atoms with Gasteiger partial charge in [0.1, 0.15) is 11.6 Å². The summed E-state index contributed by atoms with van der Waals surface area (Å²) in [6.07, 6.45) is 1.22. The Kier molecular flexibility index (Phi) is 3.80. The molecule has 112 valence electrons. The quantitative estimate of drug-likeness (QED) is 0.547. The monoisotopic (exact) mass is 281 g/mol. The summed E-state index contributed by atoms with van der Waals surface area (Å²) in [4.78, 5) is 25.8. The molecular formula is C15H23NO4. The molecule has 1 saturated carbocycles. The molecule has 5 nitrogen and oxygen atoms in total. The summed E-state index contributed by atoms with van der Waals surface area (Å²) < 4.78 is 10.3. The minimum absolute atomic E-state index is 0.113. The topological polar surface area (TPSA) is 55.8 Å². The van der Waals surface area contributed by atoms with Gasteiger partial charge in [-0.3, -0.25) is 4.90 Å². The summed E-state index contributed by atoms with van der Waals surface area (Å²) in [5.74, 6) is 0.0413. The average molecular weight is 281 g/mol. The molecule has 0 N–H and O–H groups in total. The highest BCUT2D eigenvalue weighted by molar-refractivity contribution is 5.83. The van der Waals surface area contributed by atoms with Crippen LogP contribution in [0.4, 0.5) is 4.79 Å². The van der Waals surface area contributed by atoms with Gasteiger partial charge in [0.15, 0.2) is 0 Å². The van der Waals surface area contributed by atoms with Crippen molar-refractivity contribution in [2.45, 2.75) is 45.3 Å². The normalized spacial score (nSPS) is 29.3. The first-order chi connectivity index (χ1) is 9.23. The van der Waals surface area contributed by atoms with Gasteiger partial charge in [-0.15, -0.1) is 0 Å². The molecule has 1 saturated heterocycles. The van der Waals surface area contributed by atoms with Crippen LogP contribution in [0, 0.1) is 11.8 Å². The Labute approximate surface area is 119 Å². The van der Waals surface area contributed by atoms with Gasteiger partial charge in [0.25, 0.3) is 0 Å². The zero-order valence-corrected chi connectivity index (χ0v) is 12.6. The minimum Gasteiger partial charge on any atom is -0.467 e. The molecule has 1 aliphatic heterocycles. The van der Waals surface area contributed by atoms with Gasteiger partial charge in [-0.1, -0.05) is 12.2 Å². The van der Waals surface area contributed by atoms with Crippen LogP contribution in [0.25, 0.3) is 0 Å². The van der Waals surface area contributed by atoms with Crippen LogP contribution in [-0.2, 0) is 14.3 Å². The number of rotatable bonds is 1. The van der Waals surface area contributed by atoms with E-state index >= 15 is 0 Å². The number of carbonyl (C=O) groups excluding carboxylic acids is 2. The lowest BCUT2D eigenvalue weighted by atomic mass is 9.94. The maximum Gasteiger partial charge on any atom is 0.411 e. The van der Waals surface area contributed by atoms with E-state index in [-0.39, 0.29) is 11.9 Å². The van der Waals surface area contributed by atoms with Gasteiger partial charge in [0.2, 0.25) is 0 Å². The number of likely N-dealkylation sites (tertiary alicyclic amines) is 1. The van der Waals surface area contributed by atoms with Crippen molar-refractivity contribution in [1.29, 1.82) is 0 Å². The molecule has 0 bridgehead atoms. The van der Waals surface area contributed by atoms with Crippen molar-refractivity contribution in [3.05, 3.63) is 12.2 Å². The van der Waals surface area contributed by atoms with E-state index < -0.39 is 17.7 Å². The summed E-state index contributed by atoms with van der Waals surface area (Å²) in [5, 5.41) is 0. The Morgan fingerprint density at radius 3 is 2.50 bits per heavy atom. The van der Waals surface area contributed by atoms with E-state index in [4.69, 9.17) is 9.47 Å². The molecule has 1 amide bonds. The average Bonchev–Trinajstić information content (AvgIpc) is 2.81. The van der Waals surface area contributed by atoms with E-state index in [0.717, 1.165) is 18.4 Å². The first kappa shape index (κ1) is 14.9. The van der Waals surface area contributed by atoms with Crippen molar-refractivity contribution in [3.63, 3.8) is 0 Å². The minimum atomic E-state index is -0.570. The number of esters is 1. The largest absolute Gasteiger partial charge is 0.467 e. The zero-order valence-electron chi connectivity index (χ0n) is 12.6. The Balaban J connectivity index is 2.18. The SMILES string of the molecule is C=C1C[C@@H]2CN(C(=O)OC(C)(C)C)C(C(=O)OC)[C@@H]2C1. The summed E-state index contributed by atoms with van der Waals surface area (Å²) >= 11 is 0. The van der Waals surface area contributed by atoms with Crippen molar-refractivity contribution in [2.75, 3.05) is 13.7 Å². The highest BCUT2D eigenvalue weighted by atomic mass is 16.6. The fraction of sp³-hybridized carbons (Fsp3) is 0.733. The van der Waals surface area contributed by atoms with E-state index in [2.05, 4.69) is 6.58 Å². The van der Waals surface area contributed by atoms with Gasteiger partial charge >= 0.3 is 12.1 Å². The zero-order chi connectivity index (χ0) is 15.1. The summed E-state index contributed by atoms with van der Waals surface area (Å²) in [6.45, 7) is 9.99. The fourth-order valence-corrected chi connectivity index (χ4v) is 3.20. The number of hydrogen-bond donors (Lipinski definition) is 0. The Bertz CT molecular complexity index is 438. The maximum absolute atomic E-state index is 12.3. The number of nitrogens with zero attached hydrogens (tertiary/aromatic N) is 1. The molecule has 1 unspecified atom stereocenters. The van der Waals surface area contributed by atoms with Gasteiger partial charge < -0.3 is 9.47 Å². The lowest BCUT2D eigenvalue weighted by Gasteiger charge is -2.29. The van der Waals surface area contributed by atoms with Gasteiger partial charge in [-0.05, 0) is 45.4 Å². The third-order valence-electron chi connectivity index (χ3n) is 3.92. The number of carbonyl (C=O) groups is 2. The van der Waals surface area contributed by atoms with Crippen LogP contribution in [0.5, 0.6) is 0 Å². The molecule has 0 radical (unpaired) electrons. The highest BCUT2D eigenvalue weighted by Gasteiger charge is 2.51. The van der Waals surface area contributed by atoms with Crippen LogP contribution in [0.2, 0.25) is 0 Å². The van der Waals surface area contributed by atoms with Crippen LogP contribution in [-0.4, -0.2) is 42.3 Å². The summed E-state index contributed by atoms with van der Waals surface area (Å²) in [5.41, 5.74) is 0.580. The van der Waals surface area contributed by atoms with Gasteiger partial charge in [-0.2, -0.15) is 0 Å². The number of fused-ring (bicyclic) bond motifs is 1. The smallest absolute Gasteiger partial charge is 0.411 e. The van der Waals surface area contributed by atoms with Crippen LogP contribution < -0.4 is 0 Å². The maximum atomic E-state index is 12.3. The van der Waals surface area contributed by atoms with Crippen molar-refractivity contribution in [1.82, 2.24) is 4.90 Å². The molecule has 0 aromatic heterocycles. The second-order valence-electron chi connectivity index (χ2n) is 6.68. The molecule has 0 spiro atoms. The lowest BCUT2D eigenvalue weighted by Crippen LogP contribution is -2.46. The Morgan fingerprint density at radius 1 is 1.30 bits per heavy atom. The molecule has 0 aromatic carbocycles. The van der Waals surface area contributed by atoms with Crippen molar-refractivity contribution in [3.8, 4) is 0 Å². The fourth-order valence-electron chi connectivity index (χ4n) is 3.20. The predicted octanol–water partition coefficient (Wildman–Crippen LogP) is 2.36. The third kappa shape index (κ3) is 2.81. The molecule has 2 fully saturated rings. The summed E-state index contributed by atoms with van der Waals surface area (Å²) in [7, 11) is 1.35. The highest BCUT2D eigenvalue weighted by Crippen LogP contribution is 2.45. The Hall–Kier alpha value is -1.52. The van der Waals surface area contributed by atoms with Gasteiger partial charge in [-0.25, -0.2) is 9.59 Å². The lowest BCUT2D eigenvalue weighted by molar-refractivity contribution is -0.147. The van der Waals surface area contributed by atoms with Crippen LogP contribution in [0.3, 0.4) is 0 Å². The third-order valence-corrected chi connectivity index (χ3v) is 3.92. The van der Waals surface area contributed by atoms with E-state index in [1.54, 1.807) is 0 Å². The van der Waals surface area contributed by atoms with Crippen molar-refractivity contribution in [2.24, 2.45) is 11.8 Å². The van der Waals surface area contributed by atoms with Crippen molar-refractivity contribution >= 4 is 12.1 Å². The van der Waals surface area contributed by atoms with E-state index in [9.17, 15) is 9.59 Å². The number of ether oxygens (including phenoxy) is 2. The van der Waals surface area contributed by atoms with Gasteiger partial charge in [0, 0.05) is 6.54 Å². The molecule has 1 aliphatic carbocycles. The van der Waals surface area contributed by atoms with Crippen LogP contribution >= 0.6 is 0 Å². The first-order valence-corrected chi connectivity index (χ1v) is 6.97. The second-order valence-corrected chi connectivity index (χ2v) is 6.68. The number of hydrogen-bond acceptors (Lipinski definition) is 4. The Morgan fingerprint density at radius 2 is 1.95 bits per heavy atom. The molecule has 0 aromatic rings. The molecule has 2 rings (SSSR count). The van der Waals surface area contributed by atoms with Crippen LogP contribution in [0.15, 0.2) is 12.2 Å². The number of methoxy groups -OCH3 is 1. The molecule has 2 aliphatic rings. The number of allylic oxidation sites excluding steroid dienone is 1. The predicted molar refractivity (Wildman–Crippen MR) is 74.1 cm³/mol. The standard InChI is InChI=1S/C15H23NO4/c1-9-6-10-8-16(14(18)20-15(2,3)4)12(11(10)7-9)13(17)19-5/h10-12H,1,6-8H2,2-5H3/t10-,11-,12?/m1/s1. The number of amides is 1. The molecule has 3 atom stereocenters. The summed E-state index contributed by atoms with van der Waals surface area (Å²) in [6, 6.07) is -0.543.